The van der Waals surface area contributed by atoms with Gasteiger partial charge in [0.2, 0.25) is 6.41 Å². The highest BCUT2D eigenvalue weighted by molar-refractivity contribution is 5.64. The van der Waals surface area contributed by atoms with E-state index in [-0.39, 0.29) is 22.3 Å². The van der Waals surface area contributed by atoms with Gasteiger partial charge in [-0.3, -0.25) is 4.79 Å². The lowest BCUT2D eigenvalue weighted by Crippen LogP contribution is -2.56. The highest BCUT2D eigenvalue weighted by Crippen LogP contribution is 2.48. The maximum Gasteiger partial charge on any atom is 0.404 e. The molecule has 1 aromatic rings. The molecule has 1 fully saturated rings. The summed E-state index contributed by atoms with van der Waals surface area (Å²) >= 11 is 0. The van der Waals surface area contributed by atoms with Crippen molar-refractivity contribution < 1.29 is 19.4 Å². The molecule has 180 valence electrons. The van der Waals surface area contributed by atoms with E-state index in [0.29, 0.717) is 18.6 Å². The lowest BCUT2D eigenvalue weighted by Gasteiger charge is -2.49. The number of carboxylic acid groups (broad SMARTS) is 1. The number of benzene rings is 1. The Hall–Kier alpha value is -2.24. The summed E-state index contributed by atoms with van der Waals surface area (Å²) in [7, 11) is 0. The molecule has 6 heteroatoms. The minimum Gasteiger partial charge on any atom is -0.470 e. The fraction of sp³-hybridized carbons (Fsp3) is 0.692. The van der Waals surface area contributed by atoms with Crippen molar-refractivity contribution in [2.24, 2.45) is 16.2 Å². The van der Waals surface area contributed by atoms with Crippen molar-refractivity contribution in [1.82, 2.24) is 10.6 Å². The predicted octanol–water partition coefficient (Wildman–Crippen LogP) is 5.70. The van der Waals surface area contributed by atoms with Crippen molar-refractivity contribution in [2.75, 3.05) is 0 Å². The molecule has 2 amide bonds. The summed E-state index contributed by atoms with van der Waals surface area (Å²) < 4.78 is 6.30. The van der Waals surface area contributed by atoms with Crippen molar-refractivity contribution in [3.63, 3.8) is 0 Å². The third-order valence-electron chi connectivity index (χ3n) is 6.44. The Morgan fingerprint density at radius 3 is 2.25 bits per heavy atom. The molecule has 3 atom stereocenters. The third kappa shape index (κ3) is 7.14. The molecule has 2 rings (SSSR count). The average molecular weight is 447 g/mol. The van der Waals surface area contributed by atoms with Crippen molar-refractivity contribution >= 4 is 12.5 Å². The summed E-state index contributed by atoms with van der Waals surface area (Å²) in [5.74, 6) is 0.687. The molecule has 0 bridgehead atoms. The average Bonchev–Trinajstić information content (AvgIpc) is 2.57. The van der Waals surface area contributed by atoms with Crippen LogP contribution in [0.5, 0.6) is 5.75 Å². The first-order valence-electron chi connectivity index (χ1n) is 11.5. The van der Waals surface area contributed by atoms with E-state index in [1.165, 1.54) is 5.56 Å². The Bertz CT molecular complexity index is 795. The van der Waals surface area contributed by atoms with E-state index in [1.54, 1.807) is 0 Å². The van der Waals surface area contributed by atoms with Gasteiger partial charge in [-0.1, -0.05) is 67.5 Å². The molecule has 32 heavy (non-hydrogen) atoms. The molecule has 0 heterocycles. The van der Waals surface area contributed by atoms with Crippen LogP contribution >= 0.6 is 0 Å². The molecule has 0 aliphatic heterocycles. The van der Waals surface area contributed by atoms with Crippen LogP contribution in [-0.2, 0) is 10.2 Å². The number of ether oxygens (including phenoxy) is 1. The zero-order valence-electron chi connectivity index (χ0n) is 21.0. The maximum absolute atomic E-state index is 11.4. The van der Waals surface area contributed by atoms with Crippen molar-refractivity contribution in [3.05, 3.63) is 29.8 Å². The Morgan fingerprint density at radius 2 is 1.75 bits per heavy atom. The number of hydrogen-bond donors (Lipinski definition) is 3. The van der Waals surface area contributed by atoms with E-state index in [1.807, 2.05) is 12.1 Å². The monoisotopic (exact) mass is 446 g/mol. The van der Waals surface area contributed by atoms with Crippen molar-refractivity contribution in [1.29, 1.82) is 0 Å². The van der Waals surface area contributed by atoms with Crippen molar-refractivity contribution in [2.45, 2.75) is 98.8 Å². The van der Waals surface area contributed by atoms with Gasteiger partial charge in [0.25, 0.3) is 0 Å². The standard InChI is InChI=1S/C26H42N2O4/c1-23(2,3)15-25(6,7)18-9-11-20(12-10-18)32-21(27-17-29)26(8)14-19(28-22(30)31)13-24(4,5)16-26/h9-12,17,19,21,28H,13-16H2,1-8H3,(H,27,29)(H,30,31). The van der Waals surface area contributed by atoms with E-state index < -0.39 is 17.7 Å². The molecule has 0 radical (unpaired) electrons. The molecule has 6 nitrogen and oxygen atoms in total. The van der Waals surface area contributed by atoms with Gasteiger partial charge < -0.3 is 20.5 Å². The second-order valence-corrected chi connectivity index (χ2v) is 12.5. The second kappa shape index (κ2) is 9.32. The van der Waals surface area contributed by atoms with Gasteiger partial charge in [0, 0.05) is 11.5 Å². The molecule has 1 aromatic carbocycles. The summed E-state index contributed by atoms with van der Waals surface area (Å²) in [6.07, 6.45) is 2.28. The van der Waals surface area contributed by atoms with Gasteiger partial charge in [-0.05, 0) is 59.6 Å². The topological polar surface area (TPSA) is 87.7 Å². The van der Waals surface area contributed by atoms with Gasteiger partial charge in [0.15, 0.2) is 6.23 Å². The van der Waals surface area contributed by atoms with E-state index in [9.17, 15) is 14.7 Å². The Kier molecular flexibility index (Phi) is 7.58. The first-order chi connectivity index (χ1) is 14.6. The van der Waals surface area contributed by atoms with Gasteiger partial charge in [-0.15, -0.1) is 0 Å². The van der Waals surface area contributed by atoms with E-state index in [2.05, 4.69) is 78.2 Å². The van der Waals surface area contributed by atoms with Crippen LogP contribution in [0.15, 0.2) is 24.3 Å². The molecule has 3 unspecified atom stereocenters. The molecule has 0 aromatic heterocycles. The Morgan fingerprint density at radius 1 is 1.16 bits per heavy atom. The number of nitrogens with one attached hydrogen (secondary N) is 2. The van der Waals surface area contributed by atoms with Gasteiger partial charge in [-0.25, -0.2) is 4.79 Å². The predicted molar refractivity (Wildman–Crippen MR) is 128 cm³/mol. The fourth-order valence-electron chi connectivity index (χ4n) is 6.00. The number of hydrogen-bond acceptors (Lipinski definition) is 3. The summed E-state index contributed by atoms with van der Waals surface area (Å²) in [4.78, 5) is 22.7. The molecule has 1 saturated carbocycles. The number of amides is 2. The number of carbonyl (C=O) groups excluding carboxylic acids is 1. The normalized spacial score (nSPS) is 24.3. The molecule has 3 N–H and O–H groups in total. The van der Waals surface area contributed by atoms with Gasteiger partial charge in [0.05, 0.1) is 0 Å². The Labute approximate surface area is 193 Å². The lowest BCUT2D eigenvalue weighted by atomic mass is 9.62. The summed E-state index contributed by atoms with van der Waals surface area (Å²) in [5.41, 5.74) is 0.982. The first-order valence-corrected chi connectivity index (χ1v) is 11.5. The zero-order chi connectivity index (χ0) is 24.4. The van der Waals surface area contributed by atoms with Crippen LogP contribution in [0.25, 0.3) is 0 Å². The van der Waals surface area contributed by atoms with E-state index >= 15 is 0 Å². The minimum atomic E-state index is -1.02. The van der Waals surface area contributed by atoms with E-state index in [4.69, 9.17) is 4.74 Å². The summed E-state index contributed by atoms with van der Waals surface area (Å²) in [5, 5.41) is 14.7. The summed E-state index contributed by atoms with van der Waals surface area (Å²) in [6, 6.07) is 7.93. The molecular weight excluding hydrogens is 404 g/mol. The Balaban J connectivity index is 2.24. The van der Waals surface area contributed by atoms with Crippen LogP contribution in [0.3, 0.4) is 0 Å². The fourth-order valence-corrected chi connectivity index (χ4v) is 6.00. The quantitative estimate of drug-likeness (QED) is 0.353. The largest absolute Gasteiger partial charge is 0.470 e. The van der Waals surface area contributed by atoms with Crippen LogP contribution in [0.2, 0.25) is 0 Å². The highest BCUT2D eigenvalue weighted by atomic mass is 16.5. The molecule has 1 aliphatic rings. The molecule has 0 spiro atoms. The smallest absolute Gasteiger partial charge is 0.404 e. The van der Waals surface area contributed by atoms with Gasteiger partial charge in [0.1, 0.15) is 5.75 Å². The number of carbonyl (C=O) groups is 2. The van der Waals surface area contributed by atoms with Crippen LogP contribution in [0.1, 0.15) is 86.6 Å². The van der Waals surface area contributed by atoms with Crippen LogP contribution in [0.4, 0.5) is 4.79 Å². The van der Waals surface area contributed by atoms with Crippen molar-refractivity contribution in [3.8, 4) is 5.75 Å². The SMILES string of the molecule is CC(C)(C)CC(C)(C)c1ccc(OC(NC=O)C2(C)CC(NC(=O)O)CC(C)(C)C2)cc1. The number of rotatable bonds is 8. The third-order valence-corrected chi connectivity index (χ3v) is 6.44. The summed E-state index contributed by atoms with van der Waals surface area (Å²) in [6.45, 7) is 17.6. The zero-order valence-corrected chi connectivity index (χ0v) is 21.0. The second-order valence-electron chi connectivity index (χ2n) is 12.5. The van der Waals surface area contributed by atoms with Gasteiger partial charge >= 0.3 is 6.09 Å². The van der Waals surface area contributed by atoms with Crippen LogP contribution in [0, 0.1) is 16.2 Å². The lowest BCUT2D eigenvalue weighted by molar-refractivity contribution is -0.116. The minimum absolute atomic E-state index is 0.0341. The van der Waals surface area contributed by atoms with E-state index in [0.717, 1.165) is 19.3 Å². The molecule has 0 saturated heterocycles. The molecule has 1 aliphatic carbocycles. The van der Waals surface area contributed by atoms with Crippen LogP contribution in [-0.4, -0.2) is 29.9 Å². The van der Waals surface area contributed by atoms with Crippen LogP contribution < -0.4 is 15.4 Å². The molecular formula is C26H42N2O4. The highest BCUT2D eigenvalue weighted by Gasteiger charge is 2.47. The van der Waals surface area contributed by atoms with Gasteiger partial charge in [-0.2, -0.15) is 0 Å². The first kappa shape index (κ1) is 26.0. The maximum atomic E-state index is 11.4.